The van der Waals surface area contributed by atoms with Gasteiger partial charge in [0.2, 0.25) is 11.3 Å². The molecule has 4 aromatic rings. The molecule has 138 valence electrons. The minimum Gasteiger partial charge on any atom is -0.439 e. The lowest BCUT2D eigenvalue weighted by Crippen LogP contribution is -2.16. The first-order chi connectivity index (χ1) is 13.5. The van der Waals surface area contributed by atoms with Gasteiger partial charge in [-0.05, 0) is 48.0 Å². The van der Waals surface area contributed by atoms with Crippen molar-refractivity contribution in [2.24, 2.45) is 0 Å². The molecule has 0 atom stereocenters. The molecule has 0 aliphatic rings. The standard InChI is InChI=1S/C22H13ClFNO3/c23-15-8-11-18-17(12-15)20(26)19(13-4-2-1-3-5-13)22(28-18)25-21(27)14-6-9-16(24)10-7-14/h1-12H,(H,25,27). The van der Waals surface area contributed by atoms with Crippen LogP contribution in [-0.4, -0.2) is 5.91 Å². The molecule has 1 aromatic heterocycles. The van der Waals surface area contributed by atoms with Crippen LogP contribution in [0.2, 0.25) is 5.02 Å². The molecule has 1 heterocycles. The molecule has 1 N–H and O–H groups in total. The molecule has 4 nitrogen and oxygen atoms in total. The first-order valence-electron chi connectivity index (χ1n) is 8.41. The molecule has 4 rings (SSSR count). The lowest BCUT2D eigenvalue weighted by molar-refractivity contribution is 0.102. The largest absolute Gasteiger partial charge is 0.439 e. The summed E-state index contributed by atoms with van der Waals surface area (Å²) in [5.41, 5.74) is 1.02. The minimum atomic E-state index is -0.520. The zero-order chi connectivity index (χ0) is 19.7. The van der Waals surface area contributed by atoms with Gasteiger partial charge in [0.25, 0.3) is 5.91 Å². The lowest BCUT2D eigenvalue weighted by Gasteiger charge is -2.11. The van der Waals surface area contributed by atoms with Crippen LogP contribution in [0.1, 0.15) is 10.4 Å². The van der Waals surface area contributed by atoms with Crippen LogP contribution >= 0.6 is 11.6 Å². The maximum absolute atomic E-state index is 13.1. The van der Waals surface area contributed by atoms with Crippen molar-refractivity contribution in [2.45, 2.75) is 0 Å². The predicted molar refractivity (Wildman–Crippen MR) is 107 cm³/mol. The molecule has 0 saturated carbocycles. The average Bonchev–Trinajstić information content (AvgIpc) is 2.70. The van der Waals surface area contributed by atoms with Crippen LogP contribution in [0.5, 0.6) is 0 Å². The summed E-state index contributed by atoms with van der Waals surface area (Å²) in [7, 11) is 0. The predicted octanol–water partition coefficient (Wildman–Crippen LogP) is 5.50. The van der Waals surface area contributed by atoms with Crippen molar-refractivity contribution in [1.29, 1.82) is 0 Å². The molecule has 1 amide bonds. The number of fused-ring (bicyclic) bond motifs is 1. The second-order valence-electron chi connectivity index (χ2n) is 6.10. The summed E-state index contributed by atoms with van der Waals surface area (Å²) in [5, 5.41) is 3.35. The van der Waals surface area contributed by atoms with Gasteiger partial charge in [-0.1, -0.05) is 41.9 Å². The molecular formula is C22H13ClFNO3. The van der Waals surface area contributed by atoms with Gasteiger partial charge in [-0.2, -0.15) is 0 Å². The third-order valence-corrected chi connectivity index (χ3v) is 4.48. The number of nitrogens with one attached hydrogen (secondary N) is 1. The third kappa shape index (κ3) is 3.40. The number of halogens is 2. The van der Waals surface area contributed by atoms with E-state index < -0.39 is 11.7 Å². The summed E-state index contributed by atoms with van der Waals surface area (Å²) in [6.07, 6.45) is 0. The Balaban J connectivity index is 1.89. The summed E-state index contributed by atoms with van der Waals surface area (Å²) in [5.74, 6) is -0.954. The van der Waals surface area contributed by atoms with Crippen LogP contribution in [0.3, 0.4) is 0 Å². The van der Waals surface area contributed by atoms with E-state index in [0.29, 0.717) is 21.6 Å². The molecule has 0 spiro atoms. The molecule has 0 unspecified atom stereocenters. The first-order valence-corrected chi connectivity index (χ1v) is 8.79. The molecule has 28 heavy (non-hydrogen) atoms. The molecular weight excluding hydrogens is 381 g/mol. The van der Waals surface area contributed by atoms with Crippen LogP contribution in [0, 0.1) is 5.82 Å². The Morgan fingerprint density at radius 1 is 0.964 bits per heavy atom. The fourth-order valence-electron chi connectivity index (χ4n) is 2.90. The average molecular weight is 394 g/mol. The highest BCUT2D eigenvalue weighted by Crippen LogP contribution is 2.30. The van der Waals surface area contributed by atoms with Gasteiger partial charge in [0.15, 0.2) is 0 Å². The van der Waals surface area contributed by atoms with Gasteiger partial charge in [0.05, 0.1) is 10.9 Å². The van der Waals surface area contributed by atoms with Gasteiger partial charge < -0.3 is 4.42 Å². The zero-order valence-electron chi connectivity index (χ0n) is 14.4. The van der Waals surface area contributed by atoms with Crippen LogP contribution in [0.25, 0.3) is 22.1 Å². The van der Waals surface area contributed by atoms with Crippen molar-refractivity contribution in [1.82, 2.24) is 0 Å². The number of amides is 1. The van der Waals surface area contributed by atoms with Gasteiger partial charge in [-0.15, -0.1) is 0 Å². The van der Waals surface area contributed by atoms with Crippen LogP contribution < -0.4 is 10.7 Å². The summed E-state index contributed by atoms with van der Waals surface area (Å²) in [6, 6.07) is 18.6. The van der Waals surface area contributed by atoms with Crippen molar-refractivity contribution in [3.05, 3.63) is 99.4 Å². The molecule has 0 fully saturated rings. The van der Waals surface area contributed by atoms with Crippen LogP contribution in [0.4, 0.5) is 10.3 Å². The van der Waals surface area contributed by atoms with E-state index in [1.165, 1.54) is 30.3 Å². The van der Waals surface area contributed by atoms with Crippen LogP contribution in [0.15, 0.2) is 82.0 Å². The quantitative estimate of drug-likeness (QED) is 0.499. The van der Waals surface area contributed by atoms with Crippen molar-refractivity contribution in [2.75, 3.05) is 5.32 Å². The van der Waals surface area contributed by atoms with E-state index in [-0.39, 0.29) is 22.4 Å². The molecule has 0 bridgehead atoms. The number of rotatable bonds is 3. The topological polar surface area (TPSA) is 59.3 Å². The number of hydrogen-bond donors (Lipinski definition) is 1. The fourth-order valence-corrected chi connectivity index (χ4v) is 3.07. The lowest BCUT2D eigenvalue weighted by atomic mass is 10.0. The maximum atomic E-state index is 13.1. The summed E-state index contributed by atoms with van der Waals surface area (Å²) >= 11 is 6.02. The smallest absolute Gasteiger partial charge is 0.257 e. The van der Waals surface area contributed by atoms with Gasteiger partial charge in [-0.3, -0.25) is 14.9 Å². The van der Waals surface area contributed by atoms with E-state index in [0.717, 1.165) is 0 Å². The Labute approximate surface area is 164 Å². The fraction of sp³-hybridized carbons (Fsp3) is 0. The highest BCUT2D eigenvalue weighted by Gasteiger charge is 2.19. The highest BCUT2D eigenvalue weighted by molar-refractivity contribution is 6.31. The molecule has 0 aliphatic heterocycles. The van der Waals surface area contributed by atoms with E-state index in [1.54, 1.807) is 36.4 Å². The monoisotopic (exact) mass is 393 g/mol. The van der Waals surface area contributed by atoms with Crippen molar-refractivity contribution in [3.63, 3.8) is 0 Å². The Bertz CT molecular complexity index is 1230. The molecule has 0 aliphatic carbocycles. The van der Waals surface area contributed by atoms with Crippen molar-refractivity contribution >= 4 is 34.4 Å². The highest BCUT2D eigenvalue weighted by atomic mass is 35.5. The molecule has 6 heteroatoms. The molecule has 0 saturated heterocycles. The van der Waals surface area contributed by atoms with E-state index in [9.17, 15) is 14.0 Å². The summed E-state index contributed by atoms with van der Waals surface area (Å²) < 4.78 is 19.0. The van der Waals surface area contributed by atoms with E-state index >= 15 is 0 Å². The van der Waals surface area contributed by atoms with Gasteiger partial charge in [0.1, 0.15) is 11.4 Å². The summed E-state index contributed by atoms with van der Waals surface area (Å²) in [6.45, 7) is 0. The molecule has 3 aromatic carbocycles. The van der Waals surface area contributed by atoms with E-state index in [1.807, 2.05) is 6.07 Å². The summed E-state index contributed by atoms with van der Waals surface area (Å²) in [4.78, 5) is 25.7. The molecule has 0 radical (unpaired) electrons. The SMILES string of the molecule is O=C(Nc1oc2ccc(Cl)cc2c(=O)c1-c1ccccc1)c1ccc(F)cc1. The second kappa shape index (κ2) is 7.29. The third-order valence-electron chi connectivity index (χ3n) is 4.25. The van der Waals surface area contributed by atoms with E-state index in [4.69, 9.17) is 16.0 Å². The Morgan fingerprint density at radius 2 is 1.68 bits per heavy atom. The maximum Gasteiger partial charge on any atom is 0.257 e. The normalized spacial score (nSPS) is 10.8. The number of benzene rings is 3. The Kier molecular flexibility index (Phi) is 4.67. The van der Waals surface area contributed by atoms with Crippen LogP contribution in [-0.2, 0) is 0 Å². The van der Waals surface area contributed by atoms with Crippen molar-refractivity contribution < 1.29 is 13.6 Å². The van der Waals surface area contributed by atoms with Gasteiger partial charge >= 0.3 is 0 Å². The number of anilines is 1. The van der Waals surface area contributed by atoms with Gasteiger partial charge in [0, 0.05) is 10.6 Å². The number of hydrogen-bond acceptors (Lipinski definition) is 3. The zero-order valence-corrected chi connectivity index (χ0v) is 15.2. The Morgan fingerprint density at radius 3 is 2.39 bits per heavy atom. The first kappa shape index (κ1) is 17.9. The number of carbonyl (C=O) groups is 1. The number of carbonyl (C=O) groups excluding carboxylic acids is 1. The second-order valence-corrected chi connectivity index (χ2v) is 6.54. The van der Waals surface area contributed by atoms with Gasteiger partial charge in [-0.25, -0.2) is 4.39 Å². The van der Waals surface area contributed by atoms with E-state index in [2.05, 4.69) is 5.32 Å². The Hall–Kier alpha value is -3.44. The van der Waals surface area contributed by atoms with Crippen molar-refractivity contribution in [3.8, 4) is 11.1 Å². The minimum absolute atomic E-state index is 0.0142.